The first-order chi connectivity index (χ1) is 4.29. The SMILES string of the molecule is NC(=S)NC1=NCCN1. The third kappa shape index (κ3) is 1.85. The number of aliphatic imine (C=N–C) groups is 1. The van der Waals surface area contributed by atoms with Crippen molar-refractivity contribution in [2.45, 2.75) is 0 Å². The van der Waals surface area contributed by atoms with E-state index in [1.54, 1.807) is 0 Å². The first-order valence-corrected chi connectivity index (χ1v) is 3.04. The average molecular weight is 144 g/mol. The summed E-state index contributed by atoms with van der Waals surface area (Å²) in [5.74, 6) is 0.683. The van der Waals surface area contributed by atoms with E-state index < -0.39 is 0 Å². The monoisotopic (exact) mass is 144 g/mol. The molecule has 1 heterocycles. The van der Waals surface area contributed by atoms with Crippen LogP contribution >= 0.6 is 12.2 Å². The van der Waals surface area contributed by atoms with Crippen LogP contribution < -0.4 is 16.4 Å². The van der Waals surface area contributed by atoms with Crippen LogP contribution in [0.15, 0.2) is 4.99 Å². The van der Waals surface area contributed by atoms with Gasteiger partial charge in [-0.15, -0.1) is 0 Å². The van der Waals surface area contributed by atoms with Crippen LogP contribution in [0.2, 0.25) is 0 Å². The van der Waals surface area contributed by atoms with E-state index in [0.717, 1.165) is 13.1 Å². The normalized spacial score (nSPS) is 16.2. The Kier molecular flexibility index (Phi) is 1.84. The van der Waals surface area contributed by atoms with Crippen molar-refractivity contribution < 1.29 is 0 Å². The Morgan fingerprint density at radius 2 is 2.67 bits per heavy atom. The fourth-order valence-corrected chi connectivity index (χ4v) is 0.695. The summed E-state index contributed by atoms with van der Waals surface area (Å²) in [5.41, 5.74) is 5.17. The molecule has 0 aromatic carbocycles. The van der Waals surface area contributed by atoms with E-state index in [1.807, 2.05) is 0 Å². The highest BCUT2D eigenvalue weighted by molar-refractivity contribution is 7.80. The van der Waals surface area contributed by atoms with Gasteiger partial charge in [-0.25, -0.2) is 0 Å². The van der Waals surface area contributed by atoms with Gasteiger partial charge in [0.25, 0.3) is 0 Å². The molecule has 4 N–H and O–H groups in total. The Hall–Kier alpha value is -0.840. The quantitative estimate of drug-likeness (QED) is 0.373. The lowest BCUT2D eigenvalue weighted by Crippen LogP contribution is -2.40. The molecule has 0 aliphatic carbocycles. The second-order valence-electron chi connectivity index (χ2n) is 1.65. The van der Waals surface area contributed by atoms with Crippen LogP contribution in [0.3, 0.4) is 0 Å². The maximum Gasteiger partial charge on any atom is 0.197 e. The minimum Gasteiger partial charge on any atom is -0.376 e. The van der Waals surface area contributed by atoms with E-state index in [2.05, 4.69) is 27.8 Å². The molecule has 0 amide bonds. The average Bonchev–Trinajstić information content (AvgIpc) is 2.15. The van der Waals surface area contributed by atoms with Crippen LogP contribution in [-0.4, -0.2) is 24.2 Å². The lowest BCUT2D eigenvalue weighted by molar-refractivity contribution is 0.951. The molecule has 0 saturated heterocycles. The van der Waals surface area contributed by atoms with Crippen molar-refractivity contribution in [2.24, 2.45) is 10.7 Å². The summed E-state index contributed by atoms with van der Waals surface area (Å²) >= 11 is 4.58. The molecule has 9 heavy (non-hydrogen) atoms. The largest absolute Gasteiger partial charge is 0.376 e. The van der Waals surface area contributed by atoms with Gasteiger partial charge < -0.3 is 16.4 Å². The summed E-state index contributed by atoms with van der Waals surface area (Å²) in [7, 11) is 0. The third-order valence-electron chi connectivity index (χ3n) is 0.916. The minimum atomic E-state index is 0.253. The molecule has 0 fully saturated rings. The zero-order valence-electron chi connectivity index (χ0n) is 4.85. The lowest BCUT2D eigenvalue weighted by atomic mass is 10.7. The Bertz CT molecular complexity index is 153. The smallest absolute Gasteiger partial charge is 0.197 e. The summed E-state index contributed by atoms with van der Waals surface area (Å²) < 4.78 is 0. The molecule has 0 saturated carbocycles. The fraction of sp³-hybridized carbons (Fsp3) is 0.500. The minimum absolute atomic E-state index is 0.253. The number of guanidine groups is 1. The van der Waals surface area contributed by atoms with Crippen LogP contribution in [0.25, 0.3) is 0 Å². The standard InChI is InChI=1S/C4H8N4S/c5-3(9)8-4-6-1-2-7-4/h1-2H2,(H4,5,6,7,8,9). The van der Waals surface area contributed by atoms with Gasteiger partial charge in [-0.2, -0.15) is 0 Å². The molecule has 1 aliphatic rings. The Morgan fingerprint density at radius 1 is 1.89 bits per heavy atom. The zero-order chi connectivity index (χ0) is 6.69. The number of nitrogens with zero attached hydrogens (tertiary/aromatic N) is 1. The first-order valence-electron chi connectivity index (χ1n) is 2.64. The van der Waals surface area contributed by atoms with E-state index in [9.17, 15) is 0 Å². The summed E-state index contributed by atoms with van der Waals surface area (Å²) in [6.45, 7) is 1.66. The van der Waals surface area contributed by atoms with Crippen molar-refractivity contribution in [3.63, 3.8) is 0 Å². The molecular weight excluding hydrogens is 136 g/mol. The van der Waals surface area contributed by atoms with Gasteiger partial charge in [-0.3, -0.25) is 4.99 Å². The molecule has 0 unspecified atom stereocenters. The number of thiocarbonyl (C=S) groups is 1. The molecule has 4 nitrogen and oxygen atoms in total. The predicted octanol–water partition coefficient (Wildman–Crippen LogP) is -1.22. The van der Waals surface area contributed by atoms with E-state index in [0.29, 0.717) is 5.96 Å². The predicted molar refractivity (Wildman–Crippen MR) is 40.2 cm³/mol. The molecule has 1 rings (SSSR count). The van der Waals surface area contributed by atoms with Gasteiger partial charge in [-0.05, 0) is 12.2 Å². The number of hydrogen-bond acceptors (Lipinski definition) is 3. The van der Waals surface area contributed by atoms with E-state index in [1.165, 1.54) is 0 Å². The maximum absolute atomic E-state index is 5.17. The molecule has 5 heteroatoms. The molecule has 0 bridgehead atoms. The summed E-state index contributed by atoms with van der Waals surface area (Å²) in [4.78, 5) is 4.00. The molecule has 0 aromatic heterocycles. The second-order valence-corrected chi connectivity index (χ2v) is 2.09. The zero-order valence-corrected chi connectivity index (χ0v) is 5.66. The topological polar surface area (TPSA) is 62.4 Å². The van der Waals surface area contributed by atoms with Crippen molar-refractivity contribution in [1.29, 1.82) is 0 Å². The molecule has 0 spiro atoms. The van der Waals surface area contributed by atoms with Crippen LogP contribution in [0, 0.1) is 0 Å². The van der Waals surface area contributed by atoms with Crippen molar-refractivity contribution >= 4 is 23.3 Å². The van der Waals surface area contributed by atoms with Crippen molar-refractivity contribution in [3.8, 4) is 0 Å². The molecule has 50 valence electrons. The Morgan fingerprint density at radius 3 is 3.11 bits per heavy atom. The van der Waals surface area contributed by atoms with Crippen LogP contribution in [0.1, 0.15) is 0 Å². The van der Waals surface area contributed by atoms with E-state index in [-0.39, 0.29) is 5.11 Å². The number of hydrogen-bond donors (Lipinski definition) is 3. The molecular formula is C4H8N4S. The Labute approximate surface area is 58.5 Å². The Balaban J connectivity index is 2.35. The van der Waals surface area contributed by atoms with Gasteiger partial charge in [0.2, 0.25) is 0 Å². The molecule has 0 radical (unpaired) electrons. The van der Waals surface area contributed by atoms with Crippen molar-refractivity contribution in [1.82, 2.24) is 10.6 Å². The molecule has 0 atom stereocenters. The van der Waals surface area contributed by atoms with E-state index in [4.69, 9.17) is 5.73 Å². The summed E-state index contributed by atoms with van der Waals surface area (Å²) in [6.07, 6.45) is 0. The molecule has 0 aromatic rings. The summed E-state index contributed by atoms with van der Waals surface area (Å²) in [6, 6.07) is 0. The van der Waals surface area contributed by atoms with Gasteiger partial charge >= 0.3 is 0 Å². The van der Waals surface area contributed by atoms with Gasteiger partial charge in [0.1, 0.15) is 0 Å². The number of nitrogens with two attached hydrogens (primary N) is 1. The summed E-state index contributed by atoms with van der Waals surface area (Å²) in [5, 5.41) is 5.90. The van der Waals surface area contributed by atoms with Gasteiger partial charge in [0, 0.05) is 6.54 Å². The fourth-order valence-electron chi connectivity index (χ4n) is 0.598. The first kappa shape index (κ1) is 6.28. The van der Waals surface area contributed by atoms with Crippen LogP contribution in [0.4, 0.5) is 0 Å². The highest BCUT2D eigenvalue weighted by Gasteiger charge is 2.02. The highest BCUT2D eigenvalue weighted by Crippen LogP contribution is 1.79. The number of nitrogens with one attached hydrogen (secondary N) is 2. The third-order valence-corrected chi connectivity index (χ3v) is 1.02. The van der Waals surface area contributed by atoms with Gasteiger partial charge in [0.05, 0.1) is 6.54 Å². The maximum atomic E-state index is 5.17. The van der Waals surface area contributed by atoms with Crippen LogP contribution in [0.5, 0.6) is 0 Å². The van der Waals surface area contributed by atoms with Crippen molar-refractivity contribution in [3.05, 3.63) is 0 Å². The van der Waals surface area contributed by atoms with Gasteiger partial charge in [-0.1, -0.05) is 0 Å². The van der Waals surface area contributed by atoms with E-state index >= 15 is 0 Å². The van der Waals surface area contributed by atoms with Gasteiger partial charge in [0.15, 0.2) is 11.1 Å². The van der Waals surface area contributed by atoms with Crippen molar-refractivity contribution in [2.75, 3.05) is 13.1 Å². The lowest BCUT2D eigenvalue weighted by Gasteiger charge is -2.01. The second kappa shape index (κ2) is 2.63. The highest BCUT2D eigenvalue weighted by atomic mass is 32.1. The molecule has 1 aliphatic heterocycles. The number of rotatable bonds is 0. The van der Waals surface area contributed by atoms with Crippen LogP contribution in [-0.2, 0) is 0 Å².